The first-order valence-corrected chi connectivity index (χ1v) is 10.8. The van der Waals surface area contributed by atoms with Crippen LogP contribution in [0.5, 0.6) is 11.5 Å². The van der Waals surface area contributed by atoms with Gasteiger partial charge in [0.25, 0.3) is 11.8 Å². The quantitative estimate of drug-likeness (QED) is 0.333. The number of para-hydroxylation sites is 1. The highest BCUT2D eigenvalue weighted by atomic mass is 19.1. The molecule has 35 heavy (non-hydrogen) atoms. The van der Waals surface area contributed by atoms with Crippen LogP contribution in [0, 0.1) is 24.1 Å². The molecule has 0 aliphatic rings. The molecule has 0 saturated carbocycles. The van der Waals surface area contributed by atoms with E-state index in [1.807, 2.05) is 25.1 Å². The molecule has 0 aliphatic heterocycles. The third-order valence-corrected chi connectivity index (χ3v) is 4.76. The molecule has 7 nitrogen and oxygen atoms in total. The molecule has 0 bridgehead atoms. The van der Waals surface area contributed by atoms with E-state index >= 15 is 0 Å². The molecule has 3 rings (SSSR count). The van der Waals surface area contributed by atoms with Crippen LogP contribution in [0.2, 0.25) is 0 Å². The SMILES string of the molecule is CCOc1cc(C=C(C#N)C(=O)Nc2ccc(C)cc2)ccc1OCC(=O)Nc1ccccc1F. The predicted octanol–water partition coefficient (Wildman–Crippen LogP) is 5.10. The van der Waals surface area contributed by atoms with E-state index in [9.17, 15) is 19.2 Å². The lowest BCUT2D eigenvalue weighted by Crippen LogP contribution is -2.21. The van der Waals surface area contributed by atoms with Crippen LogP contribution < -0.4 is 20.1 Å². The molecule has 0 saturated heterocycles. The number of benzene rings is 3. The van der Waals surface area contributed by atoms with Crippen LogP contribution in [0.25, 0.3) is 6.08 Å². The van der Waals surface area contributed by atoms with Crippen LogP contribution in [0.1, 0.15) is 18.1 Å². The minimum Gasteiger partial charge on any atom is -0.490 e. The molecule has 3 aromatic rings. The van der Waals surface area contributed by atoms with Gasteiger partial charge in [-0.2, -0.15) is 5.26 Å². The van der Waals surface area contributed by atoms with Crippen molar-refractivity contribution in [2.24, 2.45) is 0 Å². The Kier molecular flexibility index (Phi) is 8.57. The number of carbonyl (C=O) groups is 2. The topological polar surface area (TPSA) is 100 Å². The molecular weight excluding hydrogens is 449 g/mol. The summed E-state index contributed by atoms with van der Waals surface area (Å²) in [5, 5.41) is 14.6. The average Bonchev–Trinajstić information content (AvgIpc) is 2.85. The summed E-state index contributed by atoms with van der Waals surface area (Å²) >= 11 is 0. The van der Waals surface area contributed by atoms with E-state index in [1.54, 1.807) is 43.3 Å². The smallest absolute Gasteiger partial charge is 0.266 e. The Hall–Kier alpha value is -4.64. The Morgan fingerprint density at radius 2 is 1.74 bits per heavy atom. The normalized spacial score (nSPS) is 10.7. The van der Waals surface area contributed by atoms with Gasteiger partial charge in [0.15, 0.2) is 18.1 Å². The highest BCUT2D eigenvalue weighted by molar-refractivity contribution is 6.09. The Morgan fingerprint density at radius 3 is 2.43 bits per heavy atom. The maximum Gasteiger partial charge on any atom is 0.266 e. The molecule has 0 aliphatic carbocycles. The summed E-state index contributed by atoms with van der Waals surface area (Å²) < 4.78 is 24.9. The molecule has 2 N–H and O–H groups in total. The second kappa shape index (κ2) is 12.0. The third-order valence-electron chi connectivity index (χ3n) is 4.76. The van der Waals surface area contributed by atoms with E-state index in [0.717, 1.165) is 5.56 Å². The number of nitrogens with one attached hydrogen (secondary N) is 2. The zero-order valence-corrected chi connectivity index (χ0v) is 19.3. The molecule has 178 valence electrons. The summed E-state index contributed by atoms with van der Waals surface area (Å²) in [7, 11) is 0. The first kappa shape index (κ1) is 25.0. The van der Waals surface area contributed by atoms with Crippen molar-refractivity contribution < 1.29 is 23.5 Å². The zero-order chi connectivity index (χ0) is 25.2. The average molecular weight is 474 g/mol. The number of nitriles is 1. The molecule has 0 atom stereocenters. The number of anilines is 2. The van der Waals surface area contributed by atoms with E-state index in [2.05, 4.69) is 10.6 Å². The molecule has 0 radical (unpaired) electrons. The molecule has 0 aromatic heterocycles. The van der Waals surface area contributed by atoms with Crippen molar-refractivity contribution >= 4 is 29.3 Å². The lowest BCUT2D eigenvalue weighted by molar-refractivity contribution is -0.118. The van der Waals surface area contributed by atoms with E-state index < -0.39 is 17.6 Å². The van der Waals surface area contributed by atoms with Crippen LogP contribution in [0.3, 0.4) is 0 Å². The van der Waals surface area contributed by atoms with Gasteiger partial charge in [0.2, 0.25) is 0 Å². The van der Waals surface area contributed by atoms with Crippen molar-refractivity contribution in [3.63, 3.8) is 0 Å². The standard InChI is InChI=1S/C27H24FN3O4/c1-3-34-25-15-19(14-20(16-29)27(33)30-21-11-8-18(2)9-12-21)10-13-24(25)35-17-26(32)31-23-7-5-4-6-22(23)28/h4-15H,3,17H2,1-2H3,(H,30,33)(H,31,32). The van der Waals surface area contributed by atoms with Crippen molar-refractivity contribution in [3.05, 3.63) is 89.2 Å². The fourth-order valence-electron chi connectivity index (χ4n) is 3.04. The first-order chi connectivity index (χ1) is 16.9. The van der Waals surface area contributed by atoms with Crippen molar-refractivity contribution in [3.8, 4) is 17.6 Å². The molecule has 8 heteroatoms. The van der Waals surface area contributed by atoms with Gasteiger partial charge in [-0.3, -0.25) is 9.59 Å². The molecule has 0 fully saturated rings. The van der Waals surface area contributed by atoms with Gasteiger partial charge in [0, 0.05) is 5.69 Å². The van der Waals surface area contributed by atoms with Crippen LogP contribution in [0.4, 0.5) is 15.8 Å². The number of ether oxygens (including phenoxy) is 2. The Morgan fingerprint density at radius 1 is 1.00 bits per heavy atom. The van der Waals surface area contributed by atoms with Gasteiger partial charge in [-0.1, -0.05) is 35.9 Å². The lowest BCUT2D eigenvalue weighted by Gasteiger charge is -2.13. The highest BCUT2D eigenvalue weighted by Gasteiger charge is 2.13. The maximum atomic E-state index is 13.7. The molecule has 2 amide bonds. The Labute approximate surface area is 202 Å². The van der Waals surface area contributed by atoms with Crippen LogP contribution in [-0.4, -0.2) is 25.0 Å². The lowest BCUT2D eigenvalue weighted by atomic mass is 10.1. The van der Waals surface area contributed by atoms with Gasteiger partial charge in [-0.25, -0.2) is 4.39 Å². The van der Waals surface area contributed by atoms with E-state index in [1.165, 1.54) is 24.3 Å². The number of carbonyl (C=O) groups excluding carboxylic acids is 2. The predicted molar refractivity (Wildman–Crippen MR) is 132 cm³/mol. The number of halogens is 1. The van der Waals surface area contributed by atoms with Gasteiger partial charge >= 0.3 is 0 Å². The number of hydrogen-bond donors (Lipinski definition) is 2. The number of aryl methyl sites for hydroxylation is 1. The molecule has 3 aromatic carbocycles. The molecular formula is C27H24FN3O4. The van der Waals surface area contributed by atoms with Gasteiger partial charge in [-0.05, 0) is 61.9 Å². The van der Waals surface area contributed by atoms with Crippen molar-refractivity contribution in [2.75, 3.05) is 23.8 Å². The summed E-state index contributed by atoms with van der Waals surface area (Å²) in [6.45, 7) is 3.67. The van der Waals surface area contributed by atoms with E-state index in [-0.39, 0.29) is 23.6 Å². The summed E-state index contributed by atoms with van der Waals surface area (Å²) in [6.07, 6.45) is 1.43. The van der Waals surface area contributed by atoms with Gasteiger partial charge < -0.3 is 20.1 Å². The maximum absolute atomic E-state index is 13.7. The zero-order valence-electron chi connectivity index (χ0n) is 19.3. The number of hydrogen-bond acceptors (Lipinski definition) is 5. The van der Waals surface area contributed by atoms with Crippen molar-refractivity contribution in [1.82, 2.24) is 0 Å². The monoisotopic (exact) mass is 473 g/mol. The fraction of sp³-hybridized carbons (Fsp3) is 0.148. The second-order valence-electron chi connectivity index (χ2n) is 7.45. The van der Waals surface area contributed by atoms with Crippen LogP contribution in [-0.2, 0) is 9.59 Å². The Bertz CT molecular complexity index is 1280. The van der Waals surface area contributed by atoms with E-state index in [0.29, 0.717) is 23.6 Å². The first-order valence-electron chi connectivity index (χ1n) is 10.8. The number of nitrogens with zero attached hydrogens (tertiary/aromatic N) is 1. The summed E-state index contributed by atoms with van der Waals surface area (Å²) in [6, 6.07) is 19.7. The number of rotatable bonds is 9. The largest absolute Gasteiger partial charge is 0.490 e. The molecule has 0 heterocycles. The third kappa shape index (κ3) is 7.17. The fourth-order valence-corrected chi connectivity index (χ4v) is 3.04. The molecule has 0 unspecified atom stereocenters. The minimum absolute atomic E-state index is 0.0552. The van der Waals surface area contributed by atoms with Crippen LogP contribution >= 0.6 is 0 Å². The second-order valence-corrected chi connectivity index (χ2v) is 7.45. The van der Waals surface area contributed by atoms with Gasteiger partial charge in [0.1, 0.15) is 17.5 Å². The van der Waals surface area contributed by atoms with Crippen molar-refractivity contribution in [1.29, 1.82) is 5.26 Å². The van der Waals surface area contributed by atoms with Crippen LogP contribution in [0.15, 0.2) is 72.3 Å². The van der Waals surface area contributed by atoms with Crippen molar-refractivity contribution in [2.45, 2.75) is 13.8 Å². The number of amides is 2. The highest BCUT2D eigenvalue weighted by Crippen LogP contribution is 2.29. The summed E-state index contributed by atoms with van der Waals surface area (Å²) in [4.78, 5) is 24.7. The van der Waals surface area contributed by atoms with Gasteiger partial charge in [-0.15, -0.1) is 0 Å². The van der Waals surface area contributed by atoms with Gasteiger partial charge in [0.05, 0.1) is 12.3 Å². The van der Waals surface area contributed by atoms with E-state index in [4.69, 9.17) is 9.47 Å². The Balaban J connectivity index is 1.71. The minimum atomic E-state index is -0.549. The molecule has 0 spiro atoms. The summed E-state index contributed by atoms with van der Waals surface area (Å²) in [5.74, 6) is -1.02. The summed E-state index contributed by atoms with van der Waals surface area (Å²) in [5.41, 5.74) is 2.13.